The van der Waals surface area contributed by atoms with Crippen LogP contribution >= 0.6 is 0 Å². The van der Waals surface area contributed by atoms with Crippen LogP contribution < -0.4 is 16.2 Å². The number of unbranched alkanes of at least 4 members (excludes halogenated alkanes) is 1. The molecule has 0 unspecified atom stereocenters. The maximum atomic E-state index is 6.33. The van der Waals surface area contributed by atoms with Crippen molar-refractivity contribution in [2.24, 2.45) is 5.73 Å². The van der Waals surface area contributed by atoms with E-state index in [9.17, 15) is 0 Å². The molecular formula is C19H27N5O. The topological polar surface area (TPSA) is 92.0 Å². The van der Waals surface area contributed by atoms with Gasteiger partial charge in [-0.2, -0.15) is 0 Å². The first kappa shape index (κ1) is 17.5. The summed E-state index contributed by atoms with van der Waals surface area (Å²) in [4.78, 5) is 9.35. The van der Waals surface area contributed by atoms with Crippen LogP contribution in [0, 0.1) is 0 Å². The Kier molecular flexibility index (Phi) is 4.56. The van der Waals surface area contributed by atoms with Crippen molar-refractivity contribution in [2.75, 3.05) is 12.8 Å². The molecule has 0 radical (unpaired) electrons. The summed E-state index contributed by atoms with van der Waals surface area (Å²) >= 11 is 0. The molecule has 134 valence electrons. The molecule has 0 aliphatic rings. The first-order chi connectivity index (χ1) is 11.8. The number of aromatic nitrogens is 3. The van der Waals surface area contributed by atoms with E-state index in [0.717, 1.165) is 52.8 Å². The van der Waals surface area contributed by atoms with Gasteiger partial charge in [-0.15, -0.1) is 0 Å². The molecule has 3 rings (SSSR count). The van der Waals surface area contributed by atoms with Crippen molar-refractivity contribution < 1.29 is 4.74 Å². The number of nitrogen functional groups attached to an aromatic ring is 1. The van der Waals surface area contributed by atoms with Crippen LogP contribution in [0.5, 0.6) is 5.75 Å². The highest BCUT2D eigenvalue weighted by atomic mass is 16.5. The number of pyridine rings is 1. The van der Waals surface area contributed by atoms with E-state index in [4.69, 9.17) is 21.2 Å². The molecule has 2 heterocycles. The van der Waals surface area contributed by atoms with Crippen molar-refractivity contribution >= 4 is 27.8 Å². The molecule has 2 aromatic heterocycles. The second kappa shape index (κ2) is 6.52. The van der Waals surface area contributed by atoms with Crippen molar-refractivity contribution in [1.82, 2.24) is 14.5 Å². The monoisotopic (exact) mass is 341 g/mol. The Bertz CT molecular complexity index is 908. The second-order valence-electron chi connectivity index (χ2n) is 7.28. The number of rotatable bonds is 6. The van der Waals surface area contributed by atoms with E-state index in [1.165, 1.54) is 0 Å². The molecule has 0 atom stereocenters. The molecular weight excluding hydrogens is 314 g/mol. The normalized spacial score (nSPS) is 12.2. The molecule has 0 saturated carbocycles. The van der Waals surface area contributed by atoms with Gasteiger partial charge in [0.2, 0.25) is 0 Å². The maximum Gasteiger partial charge on any atom is 0.152 e. The van der Waals surface area contributed by atoms with Gasteiger partial charge in [-0.05, 0) is 32.4 Å². The second-order valence-corrected chi connectivity index (χ2v) is 7.28. The first-order valence-electron chi connectivity index (χ1n) is 8.75. The lowest BCUT2D eigenvalue weighted by Gasteiger charge is -2.22. The lowest BCUT2D eigenvalue weighted by molar-refractivity contribution is 0.415. The molecule has 0 fully saturated rings. The van der Waals surface area contributed by atoms with Crippen LogP contribution in [0.3, 0.4) is 0 Å². The fourth-order valence-electron chi connectivity index (χ4n) is 3.17. The number of imidazole rings is 1. The van der Waals surface area contributed by atoms with Gasteiger partial charge in [0.05, 0.1) is 18.1 Å². The highest BCUT2D eigenvalue weighted by molar-refractivity contribution is 6.06. The van der Waals surface area contributed by atoms with E-state index >= 15 is 0 Å². The molecule has 0 aliphatic carbocycles. The van der Waals surface area contributed by atoms with Gasteiger partial charge in [-0.1, -0.05) is 13.3 Å². The predicted octanol–water partition coefficient (Wildman–Crippen LogP) is 3.26. The van der Waals surface area contributed by atoms with E-state index in [1.54, 1.807) is 7.11 Å². The third kappa shape index (κ3) is 3.39. The van der Waals surface area contributed by atoms with Crippen LogP contribution in [0.4, 0.5) is 5.82 Å². The smallest absolute Gasteiger partial charge is 0.152 e. The molecule has 0 saturated heterocycles. The maximum absolute atomic E-state index is 6.33. The minimum atomic E-state index is -0.356. The van der Waals surface area contributed by atoms with Crippen LogP contribution in [-0.4, -0.2) is 27.2 Å². The van der Waals surface area contributed by atoms with Gasteiger partial charge in [0, 0.05) is 30.0 Å². The van der Waals surface area contributed by atoms with Crippen LogP contribution in [0.2, 0.25) is 0 Å². The summed E-state index contributed by atoms with van der Waals surface area (Å²) in [5.41, 5.74) is 14.8. The van der Waals surface area contributed by atoms with Crippen molar-refractivity contribution in [1.29, 1.82) is 0 Å². The van der Waals surface area contributed by atoms with Crippen molar-refractivity contribution in [2.45, 2.75) is 52.1 Å². The number of aryl methyl sites for hydroxylation is 1. The van der Waals surface area contributed by atoms with E-state index in [0.29, 0.717) is 12.4 Å². The highest BCUT2D eigenvalue weighted by Gasteiger charge is 2.21. The molecule has 6 heteroatoms. The number of nitrogens with two attached hydrogens (primary N) is 2. The summed E-state index contributed by atoms with van der Waals surface area (Å²) < 4.78 is 7.54. The largest absolute Gasteiger partial charge is 0.497 e. The zero-order chi connectivity index (χ0) is 18.2. The van der Waals surface area contributed by atoms with E-state index in [-0.39, 0.29) is 5.54 Å². The molecule has 4 N–H and O–H groups in total. The molecule has 0 spiro atoms. The van der Waals surface area contributed by atoms with Crippen molar-refractivity contribution in [3.8, 4) is 5.75 Å². The minimum Gasteiger partial charge on any atom is -0.497 e. The van der Waals surface area contributed by atoms with E-state index in [2.05, 4.69) is 16.5 Å². The number of hydrogen-bond acceptors (Lipinski definition) is 5. The summed E-state index contributed by atoms with van der Waals surface area (Å²) in [7, 11) is 1.65. The minimum absolute atomic E-state index is 0.356. The van der Waals surface area contributed by atoms with Gasteiger partial charge in [0.1, 0.15) is 17.1 Å². The van der Waals surface area contributed by atoms with Gasteiger partial charge < -0.3 is 20.8 Å². The van der Waals surface area contributed by atoms with Crippen molar-refractivity contribution in [3.63, 3.8) is 0 Å². The number of anilines is 1. The molecule has 0 bridgehead atoms. The van der Waals surface area contributed by atoms with Gasteiger partial charge in [0.15, 0.2) is 5.82 Å². The Labute approximate surface area is 148 Å². The van der Waals surface area contributed by atoms with E-state index in [1.807, 2.05) is 32.0 Å². The Balaban J connectivity index is 2.32. The first-order valence-corrected chi connectivity index (χ1v) is 8.75. The number of nitrogens with zero attached hydrogens (tertiary/aromatic N) is 3. The fourth-order valence-corrected chi connectivity index (χ4v) is 3.17. The Morgan fingerprint density at radius 1 is 1.24 bits per heavy atom. The van der Waals surface area contributed by atoms with Crippen LogP contribution in [0.1, 0.15) is 39.4 Å². The lowest BCUT2D eigenvalue weighted by atomic mass is 10.1. The summed E-state index contributed by atoms with van der Waals surface area (Å²) in [6.45, 7) is 6.90. The molecule has 6 nitrogen and oxygen atoms in total. The fraction of sp³-hybridized carbons (Fsp3) is 0.474. The van der Waals surface area contributed by atoms with Gasteiger partial charge >= 0.3 is 0 Å². The molecule has 0 aliphatic heterocycles. The molecule has 1 aromatic carbocycles. The highest BCUT2D eigenvalue weighted by Crippen LogP contribution is 2.32. The quantitative estimate of drug-likeness (QED) is 0.718. The van der Waals surface area contributed by atoms with Gasteiger partial charge in [-0.3, -0.25) is 0 Å². The molecule has 0 amide bonds. The van der Waals surface area contributed by atoms with Gasteiger partial charge in [0.25, 0.3) is 0 Å². The SMILES string of the molecule is CCCCc1nc2c(N)nc3cc(OC)ccc3c2n1CC(C)(C)N. The summed E-state index contributed by atoms with van der Waals surface area (Å²) in [6.07, 6.45) is 3.09. The van der Waals surface area contributed by atoms with Crippen molar-refractivity contribution in [3.05, 3.63) is 24.0 Å². The number of benzene rings is 1. The Morgan fingerprint density at radius 3 is 2.64 bits per heavy atom. The zero-order valence-electron chi connectivity index (χ0n) is 15.5. The third-order valence-corrected chi connectivity index (χ3v) is 4.31. The summed E-state index contributed by atoms with van der Waals surface area (Å²) in [5, 5.41) is 1.02. The van der Waals surface area contributed by atoms with Crippen LogP contribution in [0.15, 0.2) is 18.2 Å². The number of hydrogen-bond donors (Lipinski definition) is 2. The lowest BCUT2D eigenvalue weighted by Crippen LogP contribution is -2.37. The third-order valence-electron chi connectivity index (χ3n) is 4.31. The molecule has 25 heavy (non-hydrogen) atoms. The zero-order valence-corrected chi connectivity index (χ0v) is 15.5. The number of ether oxygens (including phenoxy) is 1. The predicted molar refractivity (Wildman–Crippen MR) is 103 cm³/mol. The number of methoxy groups -OCH3 is 1. The standard InChI is InChI=1S/C19H27N5O/c1-5-6-7-15-23-16-17(24(15)11-19(2,3)21)13-9-8-12(25-4)10-14(13)22-18(16)20/h8-10H,5-7,11,21H2,1-4H3,(H2,20,22). The summed E-state index contributed by atoms with van der Waals surface area (Å²) in [6, 6.07) is 5.87. The Hall–Kier alpha value is -2.34. The summed E-state index contributed by atoms with van der Waals surface area (Å²) in [5.74, 6) is 2.23. The molecule has 3 aromatic rings. The average Bonchev–Trinajstić information content (AvgIpc) is 2.90. The van der Waals surface area contributed by atoms with Crippen LogP contribution in [-0.2, 0) is 13.0 Å². The number of fused-ring (bicyclic) bond motifs is 3. The van der Waals surface area contributed by atoms with E-state index < -0.39 is 0 Å². The van der Waals surface area contributed by atoms with Gasteiger partial charge in [-0.25, -0.2) is 9.97 Å². The average molecular weight is 341 g/mol. The Morgan fingerprint density at radius 2 is 2.00 bits per heavy atom. The van der Waals surface area contributed by atoms with Crippen LogP contribution in [0.25, 0.3) is 21.9 Å².